The monoisotopic (exact) mass is 424 g/mol. The number of hydrogen-bond donors (Lipinski definition) is 2. The Kier molecular flexibility index (Phi) is 7.60. The molecule has 166 valence electrons. The number of nitrogens with zero attached hydrogens (tertiary/aromatic N) is 2. The van der Waals surface area contributed by atoms with Crippen molar-refractivity contribution in [2.45, 2.75) is 46.5 Å². The number of Topliss-reactive ketones (excluding diaryl/α,β-unsaturated/α-hetero) is 1. The fourth-order valence-corrected chi connectivity index (χ4v) is 3.63. The highest BCUT2D eigenvalue weighted by molar-refractivity contribution is 6.12. The number of hydrogen-bond acceptors (Lipinski definition) is 6. The van der Waals surface area contributed by atoms with E-state index in [2.05, 4.69) is 17.2 Å². The van der Waals surface area contributed by atoms with Gasteiger partial charge in [-0.05, 0) is 37.5 Å². The number of rotatable bonds is 9. The Balaban J connectivity index is 1.78. The Morgan fingerprint density at radius 2 is 2.06 bits per heavy atom. The molecule has 31 heavy (non-hydrogen) atoms. The minimum atomic E-state index is -0.515. The minimum absolute atomic E-state index is 0.0227. The number of carbonyl (C=O) groups is 2. The van der Waals surface area contributed by atoms with Gasteiger partial charge >= 0.3 is 0 Å². The highest BCUT2D eigenvalue weighted by atomic mass is 16.5. The van der Waals surface area contributed by atoms with Crippen LogP contribution in [0.5, 0.6) is 5.75 Å². The molecule has 1 saturated heterocycles. The number of allylic oxidation sites excluding steroid dienone is 3. The average Bonchev–Trinajstić information content (AvgIpc) is 3.29. The predicted molar refractivity (Wildman–Crippen MR) is 122 cm³/mol. The Morgan fingerprint density at radius 3 is 2.71 bits per heavy atom. The summed E-state index contributed by atoms with van der Waals surface area (Å²) in [6.07, 6.45) is 10.7. The zero-order chi connectivity index (χ0) is 22.4. The molecule has 0 bridgehead atoms. The molecule has 1 amide bonds. The molecule has 1 aromatic rings. The van der Waals surface area contributed by atoms with Crippen LogP contribution in [0, 0.1) is 17.2 Å². The summed E-state index contributed by atoms with van der Waals surface area (Å²) in [5.74, 6) is 0.373. The van der Waals surface area contributed by atoms with Crippen LogP contribution in [-0.2, 0) is 4.79 Å². The van der Waals surface area contributed by atoms with Crippen molar-refractivity contribution in [1.82, 2.24) is 9.88 Å². The first-order valence-electron chi connectivity index (χ1n) is 11.1. The molecule has 7 heteroatoms. The lowest BCUT2D eigenvalue weighted by Gasteiger charge is -2.20. The lowest BCUT2D eigenvalue weighted by Crippen LogP contribution is -2.28. The molecule has 0 saturated carbocycles. The number of pyridine rings is 1. The summed E-state index contributed by atoms with van der Waals surface area (Å²) in [5, 5.41) is 11.4. The summed E-state index contributed by atoms with van der Waals surface area (Å²) in [5.41, 5.74) is 1.42. The van der Waals surface area contributed by atoms with Gasteiger partial charge in [-0.3, -0.25) is 9.59 Å². The van der Waals surface area contributed by atoms with Crippen molar-refractivity contribution in [1.29, 1.82) is 5.41 Å². The summed E-state index contributed by atoms with van der Waals surface area (Å²) in [6, 6.07) is 1.75. The molecule has 1 aliphatic carbocycles. The predicted octanol–water partition coefficient (Wildman–Crippen LogP) is 4.22. The third-order valence-corrected chi connectivity index (χ3v) is 5.50. The molecule has 2 heterocycles. The van der Waals surface area contributed by atoms with E-state index in [-0.39, 0.29) is 23.3 Å². The van der Waals surface area contributed by atoms with Crippen LogP contribution in [0.2, 0.25) is 0 Å². The molecule has 0 spiro atoms. The zero-order valence-electron chi connectivity index (χ0n) is 18.6. The van der Waals surface area contributed by atoms with Crippen LogP contribution >= 0.6 is 0 Å². The first-order valence-corrected chi connectivity index (χ1v) is 11.1. The van der Waals surface area contributed by atoms with E-state index in [0.717, 1.165) is 38.8 Å². The van der Waals surface area contributed by atoms with Crippen molar-refractivity contribution in [3.8, 4) is 5.75 Å². The van der Waals surface area contributed by atoms with E-state index < -0.39 is 5.92 Å². The van der Waals surface area contributed by atoms with E-state index >= 15 is 0 Å². The Labute approximate surface area is 184 Å². The zero-order valence-corrected chi connectivity index (χ0v) is 18.6. The van der Waals surface area contributed by atoms with Crippen LogP contribution in [0.15, 0.2) is 36.2 Å². The summed E-state index contributed by atoms with van der Waals surface area (Å²) < 4.78 is 5.94. The van der Waals surface area contributed by atoms with E-state index in [4.69, 9.17) is 10.1 Å². The summed E-state index contributed by atoms with van der Waals surface area (Å²) in [6.45, 7) is 7.86. The summed E-state index contributed by atoms with van der Waals surface area (Å²) in [4.78, 5) is 31.3. The fraction of sp³-hybridized carbons (Fsp3) is 0.500. The highest BCUT2D eigenvalue weighted by Crippen LogP contribution is 2.28. The van der Waals surface area contributed by atoms with Crippen LogP contribution in [0.3, 0.4) is 0 Å². The van der Waals surface area contributed by atoms with Gasteiger partial charge in [0.05, 0.1) is 18.1 Å². The maximum atomic E-state index is 12.8. The number of anilines is 1. The number of nitrogens with one attached hydrogen (secondary N) is 2. The lowest BCUT2D eigenvalue weighted by atomic mass is 9.88. The molecule has 1 aromatic heterocycles. The molecule has 1 aliphatic heterocycles. The molecule has 1 unspecified atom stereocenters. The second-order valence-electron chi connectivity index (χ2n) is 8.35. The van der Waals surface area contributed by atoms with Crippen molar-refractivity contribution in [3.63, 3.8) is 0 Å². The van der Waals surface area contributed by atoms with E-state index in [1.54, 1.807) is 30.5 Å². The molecule has 1 fully saturated rings. The Hall–Kier alpha value is -2.96. The maximum absolute atomic E-state index is 12.8. The van der Waals surface area contributed by atoms with Crippen LogP contribution in [-0.4, -0.2) is 47.0 Å². The van der Waals surface area contributed by atoms with Gasteiger partial charge in [0.2, 0.25) is 0 Å². The van der Waals surface area contributed by atoms with Crippen LogP contribution in [0.25, 0.3) is 0 Å². The molecule has 0 radical (unpaired) electrons. The van der Waals surface area contributed by atoms with E-state index in [1.807, 2.05) is 18.7 Å². The largest absolute Gasteiger partial charge is 0.490 e. The minimum Gasteiger partial charge on any atom is -0.490 e. The third-order valence-electron chi connectivity index (χ3n) is 5.50. The topological polar surface area (TPSA) is 95.4 Å². The van der Waals surface area contributed by atoms with Crippen molar-refractivity contribution >= 4 is 23.2 Å². The second-order valence-corrected chi connectivity index (χ2v) is 8.35. The first-order chi connectivity index (χ1) is 14.9. The van der Waals surface area contributed by atoms with Crippen molar-refractivity contribution in [2.24, 2.45) is 11.8 Å². The molecule has 7 nitrogen and oxygen atoms in total. The number of carbonyl (C=O) groups excluding carboxylic acids is 2. The summed E-state index contributed by atoms with van der Waals surface area (Å²) >= 11 is 0. The molecule has 2 N–H and O–H groups in total. The third kappa shape index (κ3) is 5.60. The molecule has 1 atom stereocenters. The quantitative estimate of drug-likeness (QED) is 0.579. The molecular weight excluding hydrogens is 392 g/mol. The van der Waals surface area contributed by atoms with Gasteiger partial charge in [0.15, 0.2) is 11.6 Å². The van der Waals surface area contributed by atoms with Gasteiger partial charge in [-0.2, -0.15) is 0 Å². The summed E-state index contributed by atoms with van der Waals surface area (Å²) in [7, 11) is 0. The van der Waals surface area contributed by atoms with Crippen LogP contribution in [0.1, 0.15) is 56.8 Å². The van der Waals surface area contributed by atoms with E-state index in [9.17, 15) is 9.59 Å². The second kappa shape index (κ2) is 10.4. The number of aromatic nitrogens is 1. The van der Waals surface area contributed by atoms with Crippen LogP contribution < -0.4 is 10.1 Å². The lowest BCUT2D eigenvalue weighted by molar-refractivity contribution is -0.122. The molecule has 3 rings (SSSR count). The van der Waals surface area contributed by atoms with Crippen molar-refractivity contribution < 1.29 is 14.3 Å². The van der Waals surface area contributed by atoms with Crippen LogP contribution in [0.4, 0.5) is 5.82 Å². The first kappa shape index (κ1) is 22.7. The standard InChI is InChI=1S/C24H32N4O3/c1-4-5-12-31-21-13-17(24(30)28-10-6-7-11-28)15-26-23(21)27-18-8-9-19(20(25)14-18)22(29)16(2)3/h8-9,13-16,19,25H,4-7,10-12H2,1-3H3,(H,26,27). The fourth-order valence-electron chi connectivity index (χ4n) is 3.63. The Morgan fingerprint density at radius 1 is 1.32 bits per heavy atom. The normalized spacial score (nSPS) is 18.3. The molecule has 2 aliphatic rings. The van der Waals surface area contributed by atoms with E-state index in [1.165, 1.54) is 0 Å². The SMILES string of the molecule is CCCCOc1cc(C(=O)N2CCCC2)cnc1NC1=CC(=N)C(C(=O)C(C)C)C=C1. The van der Waals surface area contributed by atoms with Gasteiger partial charge in [-0.15, -0.1) is 0 Å². The Bertz CT molecular complexity index is 898. The van der Waals surface area contributed by atoms with Gasteiger partial charge in [0.25, 0.3) is 5.91 Å². The van der Waals surface area contributed by atoms with Crippen molar-refractivity contribution in [3.05, 3.63) is 41.8 Å². The number of ether oxygens (including phenoxy) is 1. The number of unbranched alkanes of at least 4 members (excludes halogenated alkanes) is 1. The van der Waals surface area contributed by atoms with Gasteiger partial charge in [0, 0.05) is 36.6 Å². The number of likely N-dealkylation sites (tertiary alicyclic amines) is 1. The molecule has 0 aromatic carbocycles. The van der Waals surface area contributed by atoms with Gasteiger partial charge in [-0.25, -0.2) is 4.98 Å². The van der Waals surface area contributed by atoms with Gasteiger partial charge in [0.1, 0.15) is 5.78 Å². The van der Waals surface area contributed by atoms with Crippen molar-refractivity contribution in [2.75, 3.05) is 25.0 Å². The highest BCUT2D eigenvalue weighted by Gasteiger charge is 2.25. The average molecular weight is 425 g/mol. The number of ketones is 1. The number of amides is 1. The van der Waals surface area contributed by atoms with Gasteiger partial charge < -0.3 is 20.4 Å². The maximum Gasteiger partial charge on any atom is 0.255 e. The smallest absolute Gasteiger partial charge is 0.255 e. The van der Waals surface area contributed by atoms with Gasteiger partial charge in [-0.1, -0.05) is 33.3 Å². The molecular formula is C24H32N4O3. The van der Waals surface area contributed by atoms with E-state index in [0.29, 0.717) is 29.4 Å².